The maximum absolute atomic E-state index is 10.9. The number of rotatable bonds is 4. The van der Waals surface area contributed by atoms with Crippen LogP contribution in [0.15, 0.2) is 54.7 Å². The predicted octanol–water partition coefficient (Wildman–Crippen LogP) is 4.75. The maximum atomic E-state index is 10.9. The van der Waals surface area contributed by atoms with Gasteiger partial charge in [0.2, 0.25) is 5.95 Å². The van der Waals surface area contributed by atoms with E-state index < -0.39 is 0 Å². The number of nitrogens with zero attached hydrogens (tertiary/aromatic N) is 4. The fourth-order valence-corrected chi connectivity index (χ4v) is 3.48. The van der Waals surface area contributed by atoms with E-state index >= 15 is 0 Å². The van der Waals surface area contributed by atoms with Gasteiger partial charge in [-0.2, -0.15) is 0 Å². The Hall–Kier alpha value is -3.15. The minimum absolute atomic E-state index is 0.0907. The van der Waals surface area contributed by atoms with Gasteiger partial charge in [0.1, 0.15) is 0 Å². The zero-order chi connectivity index (χ0) is 18.8. The van der Waals surface area contributed by atoms with Gasteiger partial charge in [-0.1, -0.05) is 17.7 Å². The lowest BCUT2D eigenvalue weighted by Gasteiger charge is -2.28. The zero-order valence-corrected chi connectivity index (χ0v) is 15.3. The first-order valence-electron chi connectivity index (χ1n) is 9.28. The summed E-state index contributed by atoms with van der Waals surface area (Å²) in [6.07, 6.45) is 5.63. The first-order valence-corrected chi connectivity index (χ1v) is 9.28. The summed E-state index contributed by atoms with van der Waals surface area (Å²) in [7, 11) is 0. The van der Waals surface area contributed by atoms with Gasteiger partial charge in [0.25, 0.3) is 5.69 Å². The maximum Gasteiger partial charge on any atom is 0.269 e. The Labute approximate surface area is 158 Å². The summed E-state index contributed by atoms with van der Waals surface area (Å²) >= 11 is 0. The molecule has 1 aromatic heterocycles. The van der Waals surface area contributed by atoms with E-state index in [0.717, 1.165) is 36.0 Å². The number of nitro groups is 1. The van der Waals surface area contributed by atoms with Crippen molar-refractivity contribution in [1.82, 2.24) is 9.55 Å². The highest BCUT2D eigenvalue weighted by atomic mass is 16.6. The Morgan fingerprint density at radius 1 is 0.963 bits per heavy atom. The highest BCUT2D eigenvalue weighted by Gasteiger charge is 2.19. The van der Waals surface area contributed by atoms with E-state index in [2.05, 4.69) is 40.7 Å². The second kappa shape index (κ2) is 7.23. The van der Waals surface area contributed by atoms with Crippen LogP contribution in [0.5, 0.6) is 0 Å². The van der Waals surface area contributed by atoms with E-state index in [9.17, 15) is 10.1 Å². The Bertz CT molecular complexity index is 939. The molecule has 1 aliphatic rings. The van der Waals surface area contributed by atoms with Crippen LogP contribution in [-0.4, -0.2) is 27.6 Å². The van der Waals surface area contributed by atoms with E-state index in [1.807, 2.05) is 6.20 Å². The Kier molecular flexibility index (Phi) is 4.62. The molecule has 1 saturated heterocycles. The second-order valence-corrected chi connectivity index (χ2v) is 6.98. The second-order valence-electron chi connectivity index (χ2n) is 6.98. The lowest BCUT2D eigenvalue weighted by Crippen LogP contribution is -2.31. The lowest BCUT2D eigenvalue weighted by atomic mass is 10.1. The third kappa shape index (κ3) is 3.56. The van der Waals surface area contributed by atoms with Crippen molar-refractivity contribution in [3.05, 3.63) is 70.4 Å². The van der Waals surface area contributed by atoms with Crippen molar-refractivity contribution < 1.29 is 4.92 Å². The lowest BCUT2D eigenvalue weighted by molar-refractivity contribution is -0.384. The third-order valence-electron chi connectivity index (χ3n) is 5.01. The highest BCUT2D eigenvalue weighted by molar-refractivity contribution is 5.64. The summed E-state index contributed by atoms with van der Waals surface area (Å²) in [5, 5.41) is 10.9. The molecule has 6 nitrogen and oxygen atoms in total. The van der Waals surface area contributed by atoms with E-state index in [1.165, 1.54) is 37.0 Å². The molecule has 138 valence electrons. The quantitative estimate of drug-likeness (QED) is 0.496. The molecule has 0 unspecified atom stereocenters. The van der Waals surface area contributed by atoms with E-state index in [1.54, 1.807) is 12.1 Å². The molecule has 2 aromatic carbocycles. The molecule has 0 bridgehead atoms. The van der Waals surface area contributed by atoms with Gasteiger partial charge >= 0.3 is 0 Å². The van der Waals surface area contributed by atoms with E-state index in [4.69, 9.17) is 4.98 Å². The SMILES string of the molecule is Cc1ccc(-n2cc(-c3ccc([N+](=O)[O-])cc3)nc2N2CCCCC2)cc1. The van der Waals surface area contributed by atoms with Crippen LogP contribution in [0.2, 0.25) is 0 Å². The van der Waals surface area contributed by atoms with Crippen molar-refractivity contribution in [1.29, 1.82) is 0 Å². The Morgan fingerprint density at radius 3 is 2.26 bits per heavy atom. The van der Waals surface area contributed by atoms with Crippen molar-refractivity contribution in [3.8, 4) is 16.9 Å². The number of aromatic nitrogens is 2. The minimum atomic E-state index is -0.381. The van der Waals surface area contributed by atoms with Gasteiger partial charge in [-0.15, -0.1) is 0 Å². The first-order chi connectivity index (χ1) is 13.1. The predicted molar refractivity (Wildman–Crippen MR) is 106 cm³/mol. The molecule has 0 radical (unpaired) electrons. The molecule has 6 heteroatoms. The molecular weight excluding hydrogens is 340 g/mol. The highest BCUT2D eigenvalue weighted by Crippen LogP contribution is 2.29. The fourth-order valence-electron chi connectivity index (χ4n) is 3.48. The number of piperidine rings is 1. The number of anilines is 1. The van der Waals surface area contributed by atoms with Crippen LogP contribution in [-0.2, 0) is 0 Å². The number of nitro benzene ring substituents is 1. The van der Waals surface area contributed by atoms with Crippen LogP contribution in [0.1, 0.15) is 24.8 Å². The molecule has 0 saturated carbocycles. The third-order valence-corrected chi connectivity index (χ3v) is 5.01. The summed E-state index contributed by atoms with van der Waals surface area (Å²) in [5.41, 5.74) is 4.08. The molecule has 2 heterocycles. The Balaban J connectivity index is 1.76. The molecule has 1 aliphatic heterocycles. The monoisotopic (exact) mass is 362 g/mol. The van der Waals surface area contributed by atoms with Crippen molar-refractivity contribution >= 4 is 11.6 Å². The van der Waals surface area contributed by atoms with Crippen LogP contribution < -0.4 is 4.90 Å². The molecule has 1 fully saturated rings. The van der Waals surface area contributed by atoms with Gasteiger partial charge < -0.3 is 4.90 Å². The average Bonchev–Trinajstić information content (AvgIpc) is 3.15. The van der Waals surface area contributed by atoms with Crippen LogP contribution in [0.3, 0.4) is 0 Å². The standard InChI is InChI=1S/C21H22N4O2/c1-16-5-9-18(10-6-16)24-15-20(17-7-11-19(12-8-17)25(26)27)22-21(24)23-13-3-2-4-14-23/h5-12,15H,2-4,13-14H2,1H3. The Morgan fingerprint density at radius 2 is 1.63 bits per heavy atom. The van der Waals surface area contributed by atoms with Crippen LogP contribution >= 0.6 is 0 Å². The zero-order valence-electron chi connectivity index (χ0n) is 15.3. The number of benzene rings is 2. The van der Waals surface area contributed by atoms with Gasteiger partial charge in [-0.25, -0.2) is 4.98 Å². The van der Waals surface area contributed by atoms with Crippen molar-refractivity contribution in [2.45, 2.75) is 26.2 Å². The molecule has 0 aliphatic carbocycles. The number of non-ortho nitro benzene ring substituents is 1. The number of aryl methyl sites for hydroxylation is 1. The van der Waals surface area contributed by atoms with Gasteiger partial charge in [-0.05, 0) is 50.5 Å². The normalized spacial score (nSPS) is 14.3. The van der Waals surface area contributed by atoms with Crippen molar-refractivity contribution in [2.24, 2.45) is 0 Å². The van der Waals surface area contributed by atoms with Gasteiger partial charge in [0.05, 0.1) is 10.6 Å². The van der Waals surface area contributed by atoms with Crippen LogP contribution in [0.25, 0.3) is 16.9 Å². The van der Waals surface area contributed by atoms with Gasteiger partial charge in [-0.3, -0.25) is 14.7 Å². The molecule has 4 rings (SSSR count). The smallest absolute Gasteiger partial charge is 0.269 e. The topological polar surface area (TPSA) is 64.2 Å². The van der Waals surface area contributed by atoms with Gasteiger partial charge in [0.15, 0.2) is 0 Å². The summed E-state index contributed by atoms with van der Waals surface area (Å²) in [6.45, 7) is 4.08. The summed E-state index contributed by atoms with van der Waals surface area (Å²) in [4.78, 5) is 17.8. The average molecular weight is 362 g/mol. The number of hydrogen-bond donors (Lipinski definition) is 0. The molecule has 0 atom stereocenters. The van der Waals surface area contributed by atoms with Crippen molar-refractivity contribution in [2.75, 3.05) is 18.0 Å². The molecule has 27 heavy (non-hydrogen) atoms. The molecular formula is C21H22N4O2. The molecule has 0 N–H and O–H groups in total. The fraction of sp³-hybridized carbons (Fsp3) is 0.286. The molecule has 0 amide bonds. The van der Waals surface area contributed by atoms with E-state index in [0.29, 0.717) is 0 Å². The number of hydrogen-bond acceptors (Lipinski definition) is 4. The summed E-state index contributed by atoms with van der Waals surface area (Å²) in [5.74, 6) is 0.937. The van der Waals surface area contributed by atoms with Gasteiger partial charge in [0, 0.05) is 42.7 Å². The van der Waals surface area contributed by atoms with Crippen LogP contribution in [0, 0.1) is 17.0 Å². The van der Waals surface area contributed by atoms with E-state index in [-0.39, 0.29) is 10.6 Å². The van der Waals surface area contributed by atoms with Crippen LogP contribution in [0.4, 0.5) is 11.6 Å². The molecule has 0 spiro atoms. The minimum Gasteiger partial charge on any atom is -0.342 e. The molecule has 3 aromatic rings. The largest absolute Gasteiger partial charge is 0.342 e. The summed E-state index contributed by atoms with van der Waals surface area (Å²) in [6, 6.07) is 15.0. The summed E-state index contributed by atoms with van der Waals surface area (Å²) < 4.78 is 2.13. The number of imidazole rings is 1. The van der Waals surface area contributed by atoms with Crippen molar-refractivity contribution in [3.63, 3.8) is 0 Å². The first kappa shape index (κ1) is 17.3.